The van der Waals surface area contributed by atoms with Gasteiger partial charge in [-0.1, -0.05) is 11.6 Å². The minimum absolute atomic E-state index is 0.0476. The average molecular weight is 315 g/mol. The van der Waals surface area contributed by atoms with E-state index in [4.69, 9.17) is 21.4 Å². The van der Waals surface area contributed by atoms with E-state index in [1.807, 2.05) is 0 Å². The number of urea groups is 1. The Labute approximate surface area is 126 Å². The highest BCUT2D eigenvalue weighted by molar-refractivity contribution is 6.30. The van der Waals surface area contributed by atoms with E-state index < -0.39 is 24.0 Å². The Morgan fingerprint density at radius 2 is 2.05 bits per heavy atom. The highest BCUT2D eigenvalue weighted by Crippen LogP contribution is 2.24. The lowest BCUT2D eigenvalue weighted by Crippen LogP contribution is -2.45. The smallest absolute Gasteiger partial charge is 0.339 e. The van der Waals surface area contributed by atoms with Gasteiger partial charge in [0.05, 0.1) is 0 Å². The van der Waals surface area contributed by atoms with Crippen molar-refractivity contribution in [2.75, 3.05) is 6.54 Å². The van der Waals surface area contributed by atoms with Crippen molar-refractivity contribution in [2.24, 2.45) is 0 Å². The van der Waals surface area contributed by atoms with Gasteiger partial charge in [-0.3, -0.25) is 10.1 Å². The summed E-state index contributed by atoms with van der Waals surface area (Å²) in [6.07, 6.45) is -1.07. The van der Waals surface area contributed by atoms with Crippen molar-refractivity contribution in [2.45, 2.75) is 20.0 Å². The molecule has 0 aliphatic carbocycles. The summed E-state index contributed by atoms with van der Waals surface area (Å²) in [6.45, 7) is 3.46. The maximum absolute atomic E-state index is 11.7. The molecule has 1 rings (SSSR count). The quantitative estimate of drug-likeness (QED) is 0.766. The molecule has 114 valence electrons. The number of hydrogen-bond acceptors (Lipinski definition) is 4. The summed E-state index contributed by atoms with van der Waals surface area (Å²) in [6, 6.07) is 3.31. The molecule has 0 aliphatic rings. The van der Waals surface area contributed by atoms with Crippen LogP contribution in [0.3, 0.4) is 0 Å². The summed E-state index contributed by atoms with van der Waals surface area (Å²) in [7, 11) is 0. The molecule has 3 amide bonds. The molecule has 1 unspecified atom stereocenters. The van der Waals surface area contributed by atoms with Gasteiger partial charge in [-0.15, -0.1) is 0 Å². The molecule has 0 aliphatic heterocycles. The zero-order valence-electron chi connectivity index (χ0n) is 11.5. The third-order valence-electron chi connectivity index (χ3n) is 2.42. The second kappa shape index (κ2) is 7.49. The Morgan fingerprint density at radius 3 is 2.62 bits per heavy atom. The summed E-state index contributed by atoms with van der Waals surface area (Å²) in [4.78, 5) is 34.0. The first-order valence-electron chi connectivity index (χ1n) is 6.13. The van der Waals surface area contributed by atoms with Gasteiger partial charge in [0.1, 0.15) is 11.3 Å². The van der Waals surface area contributed by atoms with Crippen molar-refractivity contribution in [3.63, 3.8) is 0 Å². The van der Waals surface area contributed by atoms with E-state index >= 15 is 0 Å². The van der Waals surface area contributed by atoms with E-state index in [0.29, 0.717) is 6.54 Å². The maximum Gasteiger partial charge on any atom is 0.339 e. The number of amides is 3. The molecular weight excluding hydrogens is 300 g/mol. The molecular formula is C13H15ClN2O5. The summed E-state index contributed by atoms with van der Waals surface area (Å²) < 4.78 is 5.27. The number of ether oxygens (including phenoxy) is 1. The standard InChI is InChI=1S/C13H15ClN2O5/c1-3-15-13(20)16-11(17)7(2)21-10-6-8(14)4-5-9(10)12(18)19/h4-7H,3H2,1-2H3,(H,18,19)(H2,15,16,17,20). The van der Waals surface area contributed by atoms with E-state index in [2.05, 4.69) is 10.6 Å². The van der Waals surface area contributed by atoms with Crippen LogP contribution in [0, 0.1) is 0 Å². The van der Waals surface area contributed by atoms with E-state index in [1.54, 1.807) is 6.92 Å². The van der Waals surface area contributed by atoms with Gasteiger partial charge >= 0.3 is 12.0 Å². The van der Waals surface area contributed by atoms with Crippen molar-refractivity contribution < 1.29 is 24.2 Å². The fourth-order valence-corrected chi connectivity index (χ4v) is 1.59. The first kappa shape index (κ1) is 16.8. The molecule has 0 saturated heterocycles. The zero-order chi connectivity index (χ0) is 16.0. The molecule has 0 spiro atoms. The van der Waals surface area contributed by atoms with Crippen LogP contribution in [0.2, 0.25) is 5.02 Å². The van der Waals surface area contributed by atoms with Crippen LogP contribution >= 0.6 is 11.6 Å². The third-order valence-corrected chi connectivity index (χ3v) is 2.66. The van der Waals surface area contributed by atoms with Gasteiger partial charge in [-0.05, 0) is 32.0 Å². The fourth-order valence-electron chi connectivity index (χ4n) is 1.43. The molecule has 0 radical (unpaired) electrons. The molecule has 0 heterocycles. The van der Waals surface area contributed by atoms with Crippen molar-refractivity contribution in [1.82, 2.24) is 10.6 Å². The number of halogens is 1. The van der Waals surface area contributed by atoms with E-state index in [9.17, 15) is 14.4 Å². The minimum atomic E-state index is -1.21. The van der Waals surface area contributed by atoms with Crippen LogP contribution in [0.1, 0.15) is 24.2 Å². The number of carbonyl (C=O) groups is 3. The number of hydrogen-bond donors (Lipinski definition) is 3. The number of rotatable bonds is 5. The summed E-state index contributed by atoms with van der Waals surface area (Å²) >= 11 is 5.77. The molecule has 0 bridgehead atoms. The zero-order valence-corrected chi connectivity index (χ0v) is 12.2. The predicted molar refractivity (Wildman–Crippen MR) is 75.7 cm³/mol. The van der Waals surface area contributed by atoms with Crippen LogP contribution in [-0.4, -0.2) is 35.7 Å². The molecule has 1 aromatic carbocycles. The normalized spacial score (nSPS) is 11.4. The fraction of sp³-hybridized carbons (Fsp3) is 0.308. The molecule has 0 saturated carbocycles. The van der Waals surface area contributed by atoms with E-state index in [-0.39, 0.29) is 16.3 Å². The lowest BCUT2D eigenvalue weighted by atomic mass is 10.2. The number of aromatic carboxylic acids is 1. The van der Waals surface area contributed by atoms with Crippen LogP contribution < -0.4 is 15.4 Å². The number of carboxylic acid groups (broad SMARTS) is 1. The Bertz CT molecular complexity index is 561. The van der Waals surface area contributed by atoms with Crippen LogP contribution in [-0.2, 0) is 4.79 Å². The molecule has 0 fully saturated rings. The number of carbonyl (C=O) groups excluding carboxylic acids is 2. The summed E-state index contributed by atoms with van der Waals surface area (Å²) in [5.74, 6) is -1.95. The van der Waals surface area contributed by atoms with Crippen LogP contribution in [0.4, 0.5) is 4.79 Å². The predicted octanol–water partition coefficient (Wildman–Crippen LogP) is 1.65. The third kappa shape index (κ3) is 4.96. The maximum atomic E-state index is 11.7. The molecule has 1 aromatic rings. The Kier molecular flexibility index (Phi) is 5.98. The Balaban J connectivity index is 2.80. The van der Waals surface area contributed by atoms with Gasteiger partial charge in [-0.2, -0.15) is 0 Å². The second-order valence-electron chi connectivity index (χ2n) is 4.05. The number of nitrogens with one attached hydrogen (secondary N) is 2. The van der Waals surface area contributed by atoms with Gasteiger partial charge < -0.3 is 15.2 Å². The van der Waals surface area contributed by atoms with Crippen molar-refractivity contribution in [3.8, 4) is 5.75 Å². The molecule has 8 heteroatoms. The van der Waals surface area contributed by atoms with Crippen molar-refractivity contribution in [1.29, 1.82) is 0 Å². The van der Waals surface area contributed by atoms with Gasteiger partial charge in [-0.25, -0.2) is 9.59 Å². The lowest BCUT2D eigenvalue weighted by Gasteiger charge is -2.16. The molecule has 3 N–H and O–H groups in total. The average Bonchev–Trinajstić information content (AvgIpc) is 2.38. The topological polar surface area (TPSA) is 105 Å². The molecule has 21 heavy (non-hydrogen) atoms. The number of imide groups is 1. The first-order valence-corrected chi connectivity index (χ1v) is 6.51. The van der Waals surface area contributed by atoms with Gasteiger partial charge in [0.15, 0.2) is 6.10 Å². The Hall–Kier alpha value is -2.28. The lowest BCUT2D eigenvalue weighted by molar-refractivity contribution is -0.126. The minimum Gasteiger partial charge on any atom is -0.480 e. The number of benzene rings is 1. The van der Waals surface area contributed by atoms with Gasteiger partial charge in [0, 0.05) is 11.6 Å². The van der Waals surface area contributed by atoms with E-state index in [1.165, 1.54) is 25.1 Å². The van der Waals surface area contributed by atoms with Crippen LogP contribution in [0.5, 0.6) is 5.75 Å². The SMILES string of the molecule is CCNC(=O)NC(=O)C(C)Oc1cc(Cl)ccc1C(=O)O. The van der Waals surface area contributed by atoms with Gasteiger partial charge in [0.2, 0.25) is 0 Å². The van der Waals surface area contributed by atoms with Gasteiger partial charge in [0.25, 0.3) is 5.91 Å². The Morgan fingerprint density at radius 1 is 1.38 bits per heavy atom. The molecule has 0 aromatic heterocycles. The number of carboxylic acids is 1. The molecule has 1 atom stereocenters. The highest BCUT2D eigenvalue weighted by Gasteiger charge is 2.20. The van der Waals surface area contributed by atoms with Crippen LogP contribution in [0.15, 0.2) is 18.2 Å². The first-order chi connectivity index (χ1) is 9.85. The van der Waals surface area contributed by atoms with Crippen LogP contribution in [0.25, 0.3) is 0 Å². The van der Waals surface area contributed by atoms with Crippen molar-refractivity contribution >= 4 is 29.5 Å². The van der Waals surface area contributed by atoms with E-state index in [0.717, 1.165) is 0 Å². The largest absolute Gasteiger partial charge is 0.480 e. The van der Waals surface area contributed by atoms with Crippen molar-refractivity contribution in [3.05, 3.63) is 28.8 Å². The monoisotopic (exact) mass is 314 g/mol. The molecule has 7 nitrogen and oxygen atoms in total. The second-order valence-corrected chi connectivity index (χ2v) is 4.49. The summed E-state index contributed by atoms with van der Waals surface area (Å²) in [5, 5.41) is 13.8. The summed E-state index contributed by atoms with van der Waals surface area (Å²) in [5.41, 5.74) is -0.128. The highest BCUT2D eigenvalue weighted by atomic mass is 35.5.